The van der Waals surface area contributed by atoms with Crippen molar-refractivity contribution in [3.8, 4) is 0 Å². The molecule has 0 saturated carbocycles. The Bertz CT molecular complexity index is 614. The van der Waals surface area contributed by atoms with E-state index in [1.807, 2.05) is 24.3 Å². The van der Waals surface area contributed by atoms with Crippen molar-refractivity contribution in [2.75, 3.05) is 11.1 Å². The van der Waals surface area contributed by atoms with Gasteiger partial charge >= 0.3 is 0 Å². The van der Waals surface area contributed by atoms with Gasteiger partial charge in [-0.05, 0) is 29.8 Å². The summed E-state index contributed by atoms with van der Waals surface area (Å²) in [5, 5.41) is 3.62. The van der Waals surface area contributed by atoms with Gasteiger partial charge in [0.1, 0.15) is 0 Å². The number of rotatable bonds is 5. The van der Waals surface area contributed by atoms with E-state index in [0.29, 0.717) is 21.5 Å². The summed E-state index contributed by atoms with van der Waals surface area (Å²) >= 11 is 16.9. The van der Waals surface area contributed by atoms with Crippen molar-refractivity contribution < 1.29 is 4.79 Å². The molecule has 0 fully saturated rings. The average Bonchev–Trinajstić information content (AvgIpc) is 2.45. The van der Waals surface area contributed by atoms with Gasteiger partial charge in [0.2, 0.25) is 5.91 Å². The van der Waals surface area contributed by atoms with Crippen molar-refractivity contribution in [2.24, 2.45) is 0 Å². The minimum absolute atomic E-state index is 0.118. The molecule has 2 aromatic carbocycles. The molecule has 0 aliphatic rings. The van der Waals surface area contributed by atoms with Gasteiger partial charge in [-0.15, -0.1) is 11.8 Å². The Morgan fingerprint density at radius 1 is 1.10 bits per heavy atom. The van der Waals surface area contributed by atoms with Crippen LogP contribution in [-0.2, 0) is 10.5 Å². The SMILES string of the molecule is O=C(CSCc1ccc(Br)cc1)Nc1c(Cl)cccc1Cl. The second-order valence-electron chi connectivity index (χ2n) is 4.26. The van der Waals surface area contributed by atoms with Crippen LogP contribution in [0, 0.1) is 0 Å². The van der Waals surface area contributed by atoms with Crippen molar-refractivity contribution >= 4 is 62.5 Å². The Morgan fingerprint density at radius 3 is 2.33 bits per heavy atom. The van der Waals surface area contributed by atoms with Crippen molar-refractivity contribution in [3.05, 3.63) is 62.5 Å². The number of benzene rings is 2. The van der Waals surface area contributed by atoms with Crippen LogP contribution >= 0.6 is 50.9 Å². The Labute approximate surface area is 146 Å². The standard InChI is InChI=1S/C15H12BrCl2NOS/c16-11-6-4-10(5-7-11)8-21-9-14(20)19-15-12(17)2-1-3-13(15)18/h1-7H,8-9H2,(H,19,20). The van der Waals surface area contributed by atoms with Gasteiger partial charge in [-0.25, -0.2) is 0 Å². The zero-order valence-corrected chi connectivity index (χ0v) is 14.8. The summed E-state index contributed by atoms with van der Waals surface area (Å²) in [4.78, 5) is 11.9. The van der Waals surface area contributed by atoms with Gasteiger partial charge in [0.05, 0.1) is 21.5 Å². The van der Waals surface area contributed by atoms with Gasteiger partial charge in [0, 0.05) is 10.2 Å². The molecular weight excluding hydrogens is 393 g/mol. The third kappa shape index (κ3) is 5.22. The third-order valence-corrected chi connectivity index (χ3v) is 4.80. The quantitative estimate of drug-likeness (QED) is 0.699. The molecule has 0 aliphatic carbocycles. The van der Waals surface area contributed by atoms with E-state index >= 15 is 0 Å². The summed E-state index contributed by atoms with van der Waals surface area (Å²) in [6, 6.07) is 13.2. The third-order valence-electron chi connectivity index (χ3n) is 2.64. The highest BCUT2D eigenvalue weighted by molar-refractivity contribution is 9.10. The zero-order chi connectivity index (χ0) is 15.2. The predicted octanol–water partition coefficient (Wildman–Crippen LogP) is 5.63. The van der Waals surface area contributed by atoms with Crippen LogP contribution in [0.2, 0.25) is 10.0 Å². The molecule has 2 rings (SSSR count). The van der Waals surface area contributed by atoms with Gasteiger partial charge in [0.25, 0.3) is 0 Å². The number of hydrogen-bond donors (Lipinski definition) is 1. The minimum atomic E-state index is -0.118. The number of anilines is 1. The molecule has 2 aromatic rings. The molecule has 21 heavy (non-hydrogen) atoms. The molecule has 0 radical (unpaired) electrons. The van der Waals surface area contributed by atoms with Gasteiger partial charge in [-0.3, -0.25) is 4.79 Å². The van der Waals surface area contributed by atoms with Gasteiger partial charge in [0.15, 0.2) is 0 Å². The molecule has 1 N–H and O–H groups in total. The Balaban J connectivity index is 1.84. The summed E-state index contributed by atoms with van der Waals surface area (Å²) in [5.41, 5.74) is 1.64. The summed E-state index contributed by atoms with van der Waals surface area (Å²) < 4.78 is 1.04. The monoisotopic (exact) mass is 403 g/mol. The van der Waals surface area contributed by atoms with Crippen LogP contribution in [-0.4, -0.2) is 11.7 Å². The van der Waals surface area contributed by atoms with Gasteiger partial charge < -0.3 is 5.32 Å². The molecule has 0 saturated heterocycles. The highest BCUT2D eigenvalue weighted by atomic mass is 79.9. The van der Waals surface area contributed by atoms with E-state index in [9.17, 15) is 4.79 Å². The van der Waals surface area contributed by atoms with Crippen molar-refractivity contribution in [3.63, 3.8) is 0 Å². The molecule has 0 atom stereocenters. The van der Waals surface area contributed by atoms with Crippen LogP contribution < -0.4 is 5.32 Å². The maximum Gasteiger partial charge on any atom is 0.234 e. The normalized spacial score (nSPS) is 10.4. The van der Waals surface area contributed by atoms with E-state index in [1.54, 1.807) is 18.2 Å². The number of halogens is 3. The summed E-state index contributed by atoms with van der Waals surface area (Å²) in [6.07, 6.45) is 0. The van der Waals surface area contributed by atoms with Crippen molar-refractivity contribution in [2.45, 2.75) is 5.75 Å². The zero-order valence-electron chi connectivity index (χ0n) is 10.9. The van der Waals surface area contributed by atoms with Crippen LogP contribution in [0.3, 0.4) is 0 Å². The second kappa shape index (κ2) is 8.08. The minimum Gasteiger partial charge on any atom is -0.323 e. The van der Waals surface area contributed by atoms with E-state index < -0.39 is 0 Å². The topological polar surface area (TPSA) is 29.1 Å². The maximum absolute atomic E-state index is 11.9. The van der Waals surface area contributed by atoms with Crippen molar-refractivity contribution in [1.29, 1.82) is 0 Å². The summed E-state index contributed by atoms with van der Waals surface area (Å²) in [7, 11) is 0. The fraction of sp³-hybridized carbons (Fsp3) is 0.133. The first kappa shape index (κ1) is 16.7. The van der Waals surface area contributed by atoms with E-state index in [1.165, 1.54) is 17.3 Å². The van der Waals surface area contributed by atoms with Crippen LogP contribution in [0.5, 0.6) is 0 Å². The fourth-order valence-electron chi connectivity index (χ4n) is 1.63. The number of amides is 1. The van der Waals surface area contributed by atoms with E-state index in [-0.39, 0.29) is 5.91 Å². The number of nitrogens with one attached hydrogen (secondary N) is 1. The Hall–Kier alpha value is -0.680. The molecule has 0 aliphatic heterocycles. The molecule has 6 heteroatoms. The molecule has 2 nitrogen and oxygen atoms in total. The number of hydrogen-bond acceptors (Lipinski definition) is 2. The lowest BCUT2D eigenvalue weighted by Crippen LogP contribution is -2.14. The molecule has 0 heterocycles. The number of para-hydroxylation sites is 1. The van der Waals surface area contributed by atoms with Crippen LogP contribution in [0.25, 0.3) is 0 Å². The largest absolute Gasteiger partial charge is 0.323 e. The molecule has 110 valence electrons. The molecular formula is C15H12BrCl2NOS. The predicted molar refractivity (Wildman–Crippen MR) is 95.4 cm³/mol. The highest BCUT2D eigenvalue weighted by Crippen LogP contribution is 2.29. The van der Waals surface area contributed by atoms with Crippen LogP contribution in [0.4, 0.5) is 5.69 Å². The number of carbonyl (C=O) groups excluding carboxylic acids is 1. The first-order chi connectivity index (χ1) is 10.1. The maximum atomic E-state index is 11.9. The van der Waals surface area contributed by atoms with Gasteiger partial charge in [-0.1, -0.05) is 57.3 Å². The Morgan fingerprint density at radius 2 is 1.71 bits per heavy atom. The summed E-state index contributed by atoms with van der Waals surface area (Å²) in [6.45, 7) is 0. The van der Waals surface area contributed by atoms with E-state index in [4.69, 9.17) is 23.2 Å². The van der Waals surface area contributed by atoms with Gasteiger partial charge in [-0.2, -0.15) is 0 Å². The highest BCUT2D eigenvalue weighted by Gasteiger charge is 2.09. The molecule has 1 amide bonds. The first-order valence-corrected chi connectivity index (χ1v) is 8.82. The lowest BCUT2D eigenvalue weighted by molar-refractivity contribution is -0.113. The Kier molecular flexibility index (Phi) is 6.42. The molecule has 0 spiro atoms. The molecule has 0 bridgehead atoms. The van der Waals surface area contributed by atoms with E-state index in [0.717, 1.165) is 10.2 Å². The number of thioether (sulfide) groups is 1. The second-order valence-corrected chi connectivity index (χ2v) is 6.98. The lowest BCUT2D eigenvalue weighted by atomic mass is 10.2. The first-order valence-electron chi connectivity index (χ1n) is 6.12. The average molecular weight is 405 g/mol. The van der Waals surface area contributed by atoms with Crippen molar-refractivity contribution in [1.82, 2.24) is 0 Å². The lowest BCUT2D eigenvalue weighted by Gasteiger charge is -2.09. The summed E-state index contributed by atoms with van der Waals surface area (Å²) in [5.74, 6) is 1.00. The van der Waals surface area contributed by atoms with Crippen LogP contribution in [0.15, 0.2) is 46.9 Å². The number of carbonyl (C=O) groups is 1. The molecule has 0 aromatic heterocycles. The van der Waals surface area contributed by atoms with E-state index in [2.05, 4.69) is 21.2 Å². The fourth-order valence-corrected chi connectivity index (χ4v) is 3.18. The molecule has 0 unspecified atom stereocenters. The smallest absolute Gasteiger partial charge is 0.234 e. The van der Waals surface area contributed by atoms with Crippen LogP contribution in [0.1, 0.15) is 5.56 Å².